The number of halogens is 1. The molecule has 0 saturated carbocycles. The van der Waals surface area contributed by atoms with Gasteiger partial charge in [0.05, 0.1) is 0 Å². The molecule has 0 amide bonds. The molecule has 2 N–H and O–H groups in total. The highest BCUT2D eigenvalue weighted by Crippen LogP contribution is 2.29. The quantitative estimate of drug-likeness (QED) is 0.504. The van der Waals surface area contributed by atoms with Crippen LogP contribution >= 0.6 is 0 Å². The van der Waals surface area contributed by atoms with Crippen molar-refractivity contribution in [1.29, 1.82) is 0 Å². The van der Waals surface area contributed by atoms with E-state index in [0.717, 1.165) is 31.5 Å². The predicted molar refractivity (Wildman–Crippen MR) is 113 cm³/mol. The molecule has 1 aromatic heterocycles. The first-order chi connectivity index (χ1) is 14.1. The fourth-order valence-electron chi connectivity index (χ4n) is 3.47. The maximum atomic E-state index is 14.7. The lowest BCUT2D eigenvalue weighted by Crippen LogP contribution is -2.40. The average Bonchev–Trinajstić information content (AvgIpc) is 3.23. The van der Waals surface area contributed by atoms with Gasteiger partial charge in [-0.3, -0.25) is 0 Å². The largest absolute Gasteiger partial charge is 0.369 e. The van der Waals surface area contributed by atoms with E-state index in [1.165, 1.54) is 12.5 Å². The summed E-state index contributed by atoms with van der Waals surface area (Å²) in [5, 5.41) is 4.02. The van der Waals surface area contributed by atoms with Gasteiger partial charge in [-0.1, -0.05) is 54.2 Å². The van der Waals surface area contributed by atoms with Crippen molar-refractivity contribution < 1.29 is 8.91 Å². The molecule has 5 nitrogen and oxygen atoms in total. The Kier molecular flexibility index (Phi) is 5.42. The van der Waals surface area contributed by atoms with Crippen LogP contribution in [0.4, 0.5) is 10.3 Å². The zero-order valence-corrected chi connectivity index (χ0v) is 16.1. The predicted octanol–water partition coefficient (Wildman–Crippen LogP) is 4.97. The molecular formula is C23H23FN4O. The summed E-state index contributed by atoms with van der Waals surface area (Å²) in [6.45, 7) is 5.84. The van der Waals surface area contributed by atoms with Gasteiger partial charge in [-0.25, -0.2) is 4.39 Å². The zero-order chi connectivity index (χ0) is 20.2. The van der Waals surface area contributed by atoms with Gasteiger partial charge in [-0.2, -0.15) is 4.99 Å². The number of aromatic nitrogens is 1. The van der Waals surface area contributed by atoms with E-state index in [9.17, 15) is 4.39 Å². The van der Waals surface area contributed by atoms with Gasteiger partial charge in [0.2, 0.25) is 0 Å². The molecule has 1 fully saturated rings. The monoisotopic (exact) mass is 390 g/mol. The Morgan fingerprint density at radius 3 is 2.55 bits per heavy atom. The van der Waals surface area contributed by atoms with Crippen molar-refractivity contribution in [2.24, 2.45) is 10.7 Å². The van der Waals surface area contributed by atoms with Gasteiger partial charge in [-0.05, 0) is 36.5 Å². The van der Waals surface area contributed by atoms with Crippen molar-refractivity contribution >= 4 is 17.4 Å². The van der Waals surface area contributed by atoms with E-state index in [-0.39, 0.29) is 5.82 Å². The normalized spacial score (nSPS) is 14.8. The second-order valence-electron chi connectivity index (χ2n) is 7.11. The molecule has 1 aliphatic rings. The highest BCUT2D eigenvalue weighted by Gasteiger charge is 2.15. The van der Waals surface area contributed by atoms with Crippen LogP contribution in [0, 0.1) is 5.82 Å². The molecule has 3 aromatic rings. The minimum absolute atomic E-state index is 0.311. The molecule has 0 unspecified atom stereocenters. The Balaban J connectivity index is 1.52. The summed E-state index contributed by atoms with van der Waals surface area (Å²) >= 11 is 0. The summed E-state index contributed by atoms with van der Waals surface area (Å²) in [6, 6.07) is 16.1. The molecule has 0 spiro atoms. The van der Waals surface area contributed by atoms with Gasteiger partial charge in [0.15, 0.2) is 5.96 Å². The van der Waals surface area contributed by atoms with Crippen LogP contribution in [0.25, 0.3) is 16.7 Å². The summed E-state index contributed by atoms with van der Waals surface area (Å²) in [4.78, 5) is 6.37. The Labute approximate surface area is 169 Å². The van der Waals surface area contributed by atoms with Gasteiger partial charge < -0.3 is 15.2 Å². The third-order valence-corrected chi connectivity index (χ3v) is 5.11. The summed E-state index contributed by atoms with van der Waals surface area (Å²) in [6.07, 6.45) is 3.44. The number of nitrogens with zero attached hydrogens (tertiary/aromatic N) is 3. The van der Waals surface area contributed by atoms with E-state index in [0.29, 0.717) is 34.2 Å². The Bertz CT molecular complexity index is 1040. The highest BCUT2D eigenvalue weighted by molar-refractivity contribution is 5.82. The Morgan fingerprint density at radius 2 is 1.83 bits per heavy atom. The van der Waals surface area contributed by atoms with Crippen LogP contribution in [0.15, 0.2) is 70.7 Å². The SMILES string of the molecule is C=C(c1ccc(-c2ccccc2)c(F)c1)c1cc(N=C(N)N2CCCCC2)on1. The lowest BCUT2D eigenvalue weighted by Gasteiger charge is -2.27. The molecule has 0 radical (unpaired) electrons. The number of rotatable bonds is 4. The third-order valence-electron chi connectivity index (χ3n) is 5.11. The second kappa shape index (κ2) is 8.31. The van der Waals surface area contributed by atoms with E-state index < -0.39 is 0 Å². The van der Waals surface area contributed by atoms with Gasteiger partial charge in [0, 0.05) is 30.3 Å². The number of hydrogen-bond donors (Lipinski definition) is 1. The molecule has 1 aliphatic heterocycles. The first-order valence-electron chi connectivity index (χ1n) is 9.72. The standard InChI is InChI=1S/C23H23FN4O/c1-16(18-10-11-19(20(24)14-18)17-8-4-2-5-9-17)21-15-22(29-27-21)26-23(25)28-12-6-3-7-13-28/h2,4-5,8-11,14-15H,1,3,6-7,12-13H2,(H2,25,26). The number of aliphatic imine (C=N–C) groups is 1. The lowest BCUT2D eigenvalue weighted by atomic mass is 9.99. The van der Waals surface area contributed by atoms with Crippen molar-refractivity contribution in [3.8, 4) is 11.1 Å². The maximum Gasteiger partial charge on any atom is 0.254 e. The molecule has 29 heavy (non-hydrogen) atoms. The first-order valence-corrected chi connectivity index (χ1v) is 9.72. The van der Waals surface area contributed by atoms with E-state index in [2.05, 4.69) is 16.7 Å². The fourth-order valence-corrected chi connectivity index (χ4v) is 3.47. The average molecular weight is 390 g/mol. The number of guanidine groups is 1. The fraction of sp³-hybridized carbons (Fsp3) is 0.217. The van der Waals surface area contributed by atoms with Crippen LogP contribution in [-0.4, -0.2) is 29.1 Å². The molecule has 1 saturated heterocycles. The topological polar surface area (TPSA) is 67.7 Å². The molecule has 6 heteroatoms. The van der Waals surface area contributed by atoms with Crippen molar-refractivity contribution in [3.05, 3.63) is 78.3 Å². The molecule has 0 bridgehead atoms. The molecule has 4 rings (SSSR count). The number of hydrogen-bond acceptors (Lipinski definition) is 3. The first kappa shape index (κ1) is 18.9. The van der Waals surface area contributed by atoms with Crippen molar-refractivity contribution in [2.45, 2.75) is 19.3 Å². The lowest BCUT2D eigenvalue weighted by molar-refractivity contribution is 0.337. The van der Waals surface area contributed by atoms with Gasteiger partial charge >= 0.3 is 0 Å². The van der Waals surface area contributed by atoms with Crippen LogP contribution in [0.5, 0.6) is 0 Å². The van der Waals surface area contributed by atoms with E-state index in [1.807, 2.05) is 41.3 Å². The summed E-state index contributed by atoms with van der Waals surface area (Å²) in [5.74, 6) is 0.424. The molecule has 0 atom stereocenters. The van der Waals surface area contributed by atoms with Gasteiger partial charge in [-0.15, -0.1) is 0 Å². The van der Waals surface area contributed by atoms with E-state index in [1.54, 1.807) is 12.1 Å². The molecular weight excluding hydrogens is 367 g/mol. The second-order valence-corrected chi connectivity index (χ2v) is 7.11. The van der Waals surface area contributed by atoms with Crippen molar-refractivity contribution in [1.82, 2.24) is 10.1 Å². The van der Waals surface area contributed by atoms with E-state index in [4.69, 9.17) is 10.3 Å². The maximum absolute atomic E-state index is 14.7. The molecule has 2 aromatic carbocycles. The Morgan fingerprint density at radius 1 is 1.07 bits per heavy atom. The smallest absolute Gasteiger partial charge is 0.254 e. The zero-order valence-electron chi connectivity index (χ0n) is 16.1. The van der Waals surface area contributed by atoms with Gasteiger partial charge in [0.25, 0.3) is 5.88 Å². The molecule has 148 valence electrons. The van der Waals surface area contributed by atoms with Gasteiger partial charge in [0.1, 0.15) is 11.5 Å². The van der Waals surface area contributed by atoms with Crippen LogP contribution < -0.4 is 5.73 Å². The van der Waals surface area contributed by atoms with E-state index >= 15 is 0 Å². The molecule has 0 aliphatic carbocycles. The van der Waals surface area contributed by atoms with Crippen LogP contribution in [-0.2, 0) is 0 Å². The summed E-state index contributed by atoms with van der Waals surface area (Å²) in [7, 11) is 0. The highest BCUT2D eigenvalue weighted by atomic mass is 19.1. The number of nitrogens with two attached hydrogens (primary N) is 1. The minimum Gasteiger partial charge on any atom is -0.369 e. The minimum atomic E-state index is -0.314. The number of likely N-dealkylation sites (tertiary alicyclic amines) is 1. The van der Waals surface area contributed by atoms with Crippen LogP contribution in [0.3, 0.4) is 0 Å². The summed E-state index contributed by atoms with van der Waals surface area (Å²) < 4.78 is 20.0. The third kappa shape index (κ3) is 4.21. The summed E-state index contributed by atoms with van der Waals surface area (Å²) in [5.41, 5.74) is 9.15. The number of benzene rings is 2. The van der Waals surface area contributed by atoms with Crippen LogP contribution in [0.1, 0.15) is 30.5 Å². The number of piperidine rings is 1. The Hall–Kier alpha value is -3.41. The van der Waals surface area contributed by atoms with Crippen molar-refractivity contribution in [3.63, 3.8) is 0 Å². The van der Waals surface area contributed by atoms with Crippen LogP contribution in [0.2, 0.25) is 0 Å². The van der Waals surface area contributed by atoms with Crippen molar-refractivity contribution in [2.75, 3.05) is 13.1 Å². The molecule has 2 heterocycles.